The highest BCUT2D eigenvalue weighted by atomic mass is 16.5. The molecule has 0 spiro atoms. The number of rotatable bonds is 6. The molecule has 4 aromatic rings. The van der Waals surface area contributed by atoms with Gasteiger partial charge in [0.15, 0.2) is 6.61 Å². The molecule has 8 heteroatoms. The summed E-state index contributed by atoms with van der Waals surface area (Å²) in [6.45, 7) is 3.73. The first-order chi connectivity index (χ1) is 20.4. The summed E-state index contributed by atoms with van der Waals surface area (Å²) in [6, 6.07) is 23.1. The van der Waals surface area contributed by atoms with Gasteiger partial charge in [0.25, 0.3) is 5.91 Å². The quantitative estimate of drug-likeness (QED) is 0.282. The summed E-state index contributed by atoms with van der Waals surface area (Å²) in [7, 11) is 0. The van der Waals surface area contributed by atoms with Crippen LogP contribution in [0.3, 0.4) is 0 Å². The lowest BCUT2D eigenvalue weighted by molar-refractivity contribution is -0.137. The van der Waals surface area contributed by atoms with Crippen molar-refractivity contribution >= 4 is 34.7 Å². The molecule has 1 aliphatic heterocycles. The van der Waals surface area contributed by atoms with Gasteiger partial charge in [-0.25, -0.2) is 14.8 Å². The number of pyridine rings is 2. The van der Waals surface area contributed by atoms with Crippen LogP contribution < -0.4 is 5.43 Å². The van der Waals surface area contributed by atoms with Crippen molar-refractivity contribution in [2.75, 3.05) is 6.61 Å². The van der Waals surface area contributed by atoms with E-state index in [2.05, 4.69) is 23.2 Å². The van der Waals surface area contributed by atoms with Crippen LogP contribution in [0.25, 0.3) is 17.1 Å². The third-order valence-corrected chi connectivity index (χ3v) is 7.99. The van der Waals surface area contributed by atoms with Crippen LogP contribution in [0, 0.1) is 12.8 Å². The van der Waals surface area contributed by atoms with Crippen LogP contribution in [-0.2, 0) is 16.1 Å². The summed E-state index contributed by atoms with van der Waals surface area (Å²) in [4.78, 5) is 44.4. The third kappa shape index (κ3) is 5.16. The van der Waals surface area contributed by atoms with E-state index in [-0.39, 0.29) is 17.5 Å². The van der Waals surface area contributed by atoms with Gasteiger partial charge in [0.1, 0.15) is 11.2 Å². The van der Waals surface area contributed by atoms with Gasteiger partial charge in [0, 0.05) is 24.4 Å². The van der Waals surface area contributed by atoms with E-state index in [0.717, 1.165) is 47.4 Å². The van der Waals surface area contributed by atoms with Crippen LogP contribution >= 0.6 is 0 Å². The van der Waals surface area contributed by atoms with Gasteiger partial charge in [-0.1, -0.05) is 60.7 Å². The number of carbonyl (C=O) groups is 2. The second kappa shape index (κ2) is 11.6. The number of allylic oxidation sites excluding steroid dienone is 1. The average molecular weight is 561 g/mol. The van der Waals surface area contributed by atoms with Crippen molar-refractivity contribution in [1.82, 2.24) is 14.6 Å². The first-order valence-electron chi connectivity index (χ1n) is 14.3. The van der Waals surface area contributed by atoms with E-state index in [4.69, 9.17) is 9.84 Å². The second-order valence-corrected chi connectivity index (χ2v) is 10.7. The number of ether oxygens (including phenoxy) is 1. The maximum Gasteiger partial charge on any atom is 0.344 e. The van der Waals surface area contributed by atoms with Crippen molar-refractivity contribution in [3.05, 3.63) is 117 Å². The maximum atomic E-state index is 13.7. The zero-order valence-corrected chi connectivity index (χ0v) is 23.7. The molecule has 2 aromatic carbocycles. The van der Waals surface area contributed by atoms with E-state index in [1.54, 1.807) is 16.7 Å². The minimum Gasteiger partial charge on any atom is -0.452 e. The molecule has 8 nitrogen and oxygen atoms in total. The van der Waals surface area contributed by atoms with Crippen LogP contribution in [0.15, 0.2) is 94.5 Å². The number of esters is 1. The first-order valence-corrected chi connectivity index (χ1v) is 14.3. The molecule has 1 amide bonds. The predicted molar refractivity (Wildman–Crippen MR) is 162 cm³/mol. The molecule has 2 unspecified atom stereocenters. The van der Waals surface area contributed by atoms with Gasteiger partial charge in [-0.15, -0.1) is 0 Å². The monoisotopic (exact) mass is 560 g/mol. The van der Waals surface area contributed by atoms with E-state index in [1.165, 1.54) is 11.2 Å². The Morgan fingerprint density at radius 2 is 1.76 bits per heavy atom. The van der Waals surface area contributed by atoms with Crippen LogP contribution in [-0.4, -0.2) is 38.8 Å². The minimum atomic E-state index is -0.844. The van der Waals surface area contributed by atoms with E-state index in [0.29, 0.717) is 17.6 Å². The fraction of sp³-hybridized carbons (Fsp3) is 0.265. The smallest absolute Gasteiger partial charge is 0.344 e. The summed E-state index contributed by atoms with van der Waals surface area (Å²) in [5, 5.41) is 6.67. The number of amides is 1. The van der Waals surface area contributed by atoms with Crippen molar-refractivity contribution in [2.24, 2.45) is 11.0 Å². The van der Waals surface area contributed by atoms with Crippen LogP contribution in [0.4, 0.5) is 0 Å². The van der Waals surface area contributed by atoms with Crippen LogP contribution in [0.5, 0.6) is 0 Å². The highest BCUT2D eigenvalue weighted by Crippen LogP contribution is 2.44. The molecule has 1 aliphatic carbocycles. The molecule has 2 aromatic heterocycles. The van der Waals surface area contributed by atoms with Gasteiger partial charge in [-0.3, -0.25) is 9.59 Å². The van der Waals surface area contributed by atoms with Gasteiger partial charge in [-0.2, -0.15) is 5.10 Å². The number of hydrogen-bond donors (Lipinski definition) is 0. The summed E-state index contributed by atoms with van der Waals surface area (Å²) in [6.07, 6.45) is 6.37. The molecule has 212 valence electrons. The molecule has 2 aliphatic rings. The Balaban J connectivity index is 1.29. The Hall–Kier alpha value is -4.85. The topological polar surface area (TPSA) is 93.9 Å². The highest BCUT2D eigenvalue weighted by molar-refractivity contribution is 6.08. The molecule has 0 saturated heterocycles. The summed E-state index contributed by atoms with van der Waals surface area (Å²) < 4.78 is 7.21. The minimum absolute atomic E-state index is 0.0314. The highest BCUT2D eigenvalue weighted by Gasteiger charge is 2.43. The third-order valence-electron chi connectivity index (χ3n) is 7.99. The molecule has 0 bridgehead atoms. The lowest BCUT2D eigenvalue weighted by atomic mass is 9.77. The number of carbonyl (C=O) groups excluding carboxylic acids is 2. The van der Waals surface area contributed by atoms with Crippen LogP contribution in [0.2, 0.25) is 0 Å². The van der Waals surface area contributed by atoms with E-state index >= 15 is 0 Å². The Bertz CT molecular complexity index is 1780. The van der Waals surface area contributed by atoms with Gasteiger partial charge in [0.2, 0.25) is 5.43 Å². The number of fused-ring (bicyclic) bond motifs is 2. The molecule has 42 heavy (non-hydrogen) atoms. The van der Waals surface area contributed by atoms with Crippen molar-refractivity contribution in [1.29, 1.82) is 0 Å². The van der Waals surface area contributed by atoms with Crippen molar-refractivity contribution in [2.45, 2.75) is 45.7 Å². The van der Waals surface area contributed by atoms with Crippen molar-refractivity contribution in [3.8, 4) is 0 Å². The van der Waals surface area contributed by atoms with E-state index < -0.39 is 23.9 Å². The summed E-state index contributed by atoms with van der Waals surface area (Å²) >= 11 is 0. The molecule has 0 N–H and O–H groups in total. The molecular weight excluding hydrogens is 528 g/mol. The largest absolute Gasteiger partial charge is 0.452 e. The average Bonchev–Trinajstić information content (AvgIpc) is 3.42. The van der Waals surface area contributed by atoms with Crippen molar-refractivity contribution < 1.29 is 14.3 Å². The number of aryl methyl sites for hydroxylation is 2. The number of hydrazone groups is 1. The molecule has 3 heterocycles. The van der Waals surface area contributed by atoms with Crippen molar-refractivity contribution in [3.63, 3.8) is 0 Å². The second-order valence-electron chi connectivity index (χ2n) is 10.7. The Morgan fingerprint density at radius 3 is 2.50 bits per heavy atom. The zero-order valence-electron chi connectivity index (χ0n) is 23.7. The normalized spacial score (nSPS) is 19.0. The predicted octanol–water partition coefficient (Wildman–Crippen LogP) is 5.70. The zero-order chi connectivity index (χ0) is 29.2. The number of nitrogens with zero attached hydrogens (tertiary/aromatic N) is 4. The van der Waals surface area contributed by atoms with Gasteiger partial charge in [0.05, 0.1) is 17.1 Å². The lowest BCUT2D eigenvalue weighted by Gasteiger charge is -2.29. The molecule has 1 fully saturated rings. The van der Waals surface area contributed by atoms with E-state index in [1.807, 2.05) is 62.4 Å². The van der Waals surface area contributed by atoms with Gasteiger partial charge < -0.3 is 9.30 Å². The molecule has 2 atom stereocenters. The molecule has 1 saturated carbocycles. The van der Waals surface area contributed by atoms with Gasteiger partial charge >= 0.3 is 5.97 Å². The standard InChI is InChI=1S/C34H32N4O4/c1-3-37-20-28(32(40)27-18-17-22(2)35-33(27)37)34(41)42-21-29(39)38-31(24-13-8-5-9-14-24)26-16-10-15-25(30(26)36-38)19-23-11-6-4-7-12-23/h4-9,11-14,17-20,26,31H,3,10,15-16,21H2,1-2H3/b25-19-. The Kier molecular flexibility index (Phi) is 7.52. The fourth-order valence-corrected chi connectivity index (χ4v) is 5.96. The number of hydrogen-bond acceptors (Lipinski definition) is 6. The Labute approximate surface area is 244 Å². The summed E-state index contributed by atoms with van der Waals surface area (Å²) in [5.41, 5.74) is 4.77. The molecule has 0 radical (unpaired) electrons. The molecular formula is C34H32N4O4. The fourth-order valence-electron chi connectivity index (χ4n) is 5.96. The SMILES string of the molecule is CCn1cc(C(=O)OCC(=O)N2N=C3/C(=C\c4ccccc4)CCCC3C2c2ccccc2)c(=O)c2ccc(C)nc21. The van der Waals surface area contributed by atoms with Crippen LogP contribution in [0.1, 0.15) is 59.4 Å². The van der Waals surface area contributed by atoms with Gasteiger partial charge in [-0.05, 0) is 68.0 Å². The number of aromatic nitrogens is 2. The Morgan fingerprint density at radius 1 is 1.02 bits per heavy atom. The summed E-state index contributed by atoms with van der Waals surface area (Å²) in [5.74, 6) is -1.25. The first kappa shape index (κ1) is 27.3. The van der Waals surface area contributed by atoms with E-state index in [9.17, 15) is 14.4 Å². The molecule has 6 rings (SSSR count). The number of benzene rings is 2. The lowest BCUT2D eigenvalue weighted by Crippen LogP contribution is -2.35. The maximum absolute atomic E-state index is 13.7.